The lowest BCUT2D eigenvalue weighted by Crippen LogP contribution is -2.38. The van der Waals surface area contributed by atoms with Crippen LogP contribution in [0, 0.1) is 17.0 Å². The fourth-order valence-electron chi connectivity index (χ4n) is 2.56. The van der Waals surface area contributed by atoms with Crippen LogP contribution in [-0.4, -0.2) is 34.2 Å². The maximum atomic E-state index is 12.4. The summed E-state index contributed by atoms with van der Waals surface area (Å²) in [5.74, 6) is -1.16. The van der Waals surface area contributed by atoms with E-state index in [9.17, 15) is 24.5 Å². The first-order chi connectivity index (χ1) is 13.3. The highest BCUT2D eigenvalue weighted by molar-refractivity contribution is 6.15. The Balaban J connectivity index is 1.68. The molecule has 142 valence electrons. The number of nitrogens with zero attached hydrogens (tertiary/aromatic N) is 2. The predicted molar refractivity (Wildman–Crippen MR) is 101 cm³/mol. The molecule has 2 aromatic carbocycles. The molecule has 4 amide bonds. The smallest absolute Gasteiger partial charge is 0.325 e. The average molecular weight is 380 g/mol. The van der Waals surface area contributed by atoms with Crippen molar-refractivity contribution in [2.45, 2.75) is 6.92 Å². The van der Waals surface area contributed by atoms with Gasteiger partial charge in [-0.3, -0.25) is 19.7 Å². The van der Waals surface area contributed by atoms with E-state index in [1.807, 2.05) is 19.1 Å². The first kappa shape index (κ1) is 18.8. The summed E-state index contributed by atoms with van der Waals surface area (Å²) in [7, 11) is 0. The predicted octanol–water partition coefficient (Wildman–Crippen LogP) is 2.43. The van der Waals surface area contributed by atoms with Crippen LogP contribution in [0.3, 0.4) is 0 Å². The Labute approximate surface area is 159 Å². The molecule has 1 saturated heterocycles. The fourth-order valence-corrected chi connectivity index (χ4v) is 2.56. The van der Waals surface area contributed by atoms with Crippen molar-refractivity contribution in [3.05, 3.63) is 75.5 Å². The molecule has 1 aliphatic rings. The maximum absolute atomic E-state index is 12.4. The molecule has 1 aliphatic heterocycles. The third-order valence-corrected chi connectivity index (χ3v) is 4.01. The summed E-state index contributed by atoms with van der Waals surface area (Å²) in [6.07, 6.45) is 1.39. The normalized spacial score (nSPS) is 14.9. The molecular formula is C19H16N4O5. The minimum absolute atomic E-state index is 0.0120. The van der Waals surface area contributed by atoms with Gasteiger partial charge in [-0.15, -0.1) is 0 Å². The van der Waals surface area contributed by atoms with Gasteiger partial charge in [0.15, 0.2) is 0 Å². The minimum Gasteiger partial charge on any atom is -0.325 e. The van der Waals surface area contributed by atoms with E-state index < -0.39 is 29.3 Å². The molecule has 9 heteroatoms. The first-order valence-electron chi connectivity index (χ1n) is 8.29. The van der Waals surface area contributed by atoms with E-state index in [-0.39, 0.29) is 11.4 Å². The van der Waals surface area contributed by atoms with Crippen LogP contribution in [0.5, 0.6) is 0 Å². The van der Waals surface area contributed by atoms with Crippen molar-refractivity contribution in [3.8, 4) is 0 Å². The lowest BCUT2D eigenvalue weighted by Gasteiger charge is -2.12. The molecule has 1 fully saturated rings. The number of hydrogen-bond acceptors (Lipinski definition) is 5. The highest BCUT2D eigenvalue weighted by atomic mass is 16.6. The SMILES string of the molecule is Cc1ccc(NC(=O)CN2C(=O)N/C(=C\c3ccc([N+](=O)[O-])cc3)C2=O)cc1. The molecule has 0 saturated carbocycles. The highest BCUT2D eigenvalue weighted by Gasteiger charge is 2.34. The number of nitro benzene ring substituents is 1. The Hall–Kier alpha value is -4.01. The van der Waals surface area contributed by atoms with Gasteiger partial charge in [0, 0.05) is 17.8 Å². The van der Waals surface area contributed by atoms with E-state index in [4.69, 9.17) is 0 Å². The van der Waals surface area contributed by atoms with Gasteiger partial charge in [0.1, 0.15) is 12.2 Å². The van der Waals surface area contributed by atoms with Crippen LogP contribution in [0.1, 0.15) is 11.1 Å². The van der Waals surface area contributed by atoms with Gasteiger partial charge < -0.3 is 10.6 Å². The molecule has 0 radical (unpaired) electrons. The molecule has 0 aromatic heterocycles. The maximum Gasteiger partial charge on any atom is 0.329 e. The third kappa shape index (κ3) is 4.21. The molecule has 0 atom stereocenters. The van der Waals surface area contributed by atoms with Gasteiger partial charge in [-0.1, -0.05) is 17.7 Å². The van der Waals surface area contributed by atoms with E-state index >= 15 is 0 Å². The number of non-ortho nitro benzene ring substituents is 1. The molecule has 0 bridgehead atoms. The molecule has 28 heavy (non-hydrogen) atoms. The summed E-state index contributed by atoms with van der Waals surface area (Å²) in [5.41, 5.74) is 2.00. The number of aryl methyl sites for hydroxylation is 1. The van der Waals surface area contributed by atoms with Gasteiger partial charge in [-0.2, -0.15) is 0 Å². The molecule has 9 nitrogen and oxygen atoms in total. The molecule has 2 N–H and O–H groups in total. The van der Waals surface area contributed by atoms with Crippen molar-refractivity contribution >= 4 is 35.3 Å². The van der Waals surface area contributed by atoms with E-state index in [2.05, 4.69) is 10.6 Å². The number of hydrogen-bond donors (Lipinski definition) is 2. The zero-order valence-corrected chi connectivity index (χ0v) is 14.8. The topological polar surface area (TPSA) is 122 Å². The molecule has 1 heterocycles. The van der Waals surface area contributed by atoms with Gasteiger partial charge in [-0.05, 0) is 42.8 Å². The third-order valence-electron chi connectivity index (χ3n) is 4.01. The molecule has 0 unspecified atom stereocenters. The zero-order chi connectivity index (χ0) is 20.3. The standard InChI is InChI=1S/C19H16N4O5/c1-12-2-6-14(7-3-12)20-17(24)11-22-18(25)16(21-19(22)26)10-13-4-8-15(9-5-13)23(27)28/h2-10H,11H2,1H3,(H,20,24)(H,21,26)/b16-10-. The minimum atomic E-state index is -0.711. The Morgan fingerprint density at radius 2 is 1.79 bits per heavy atom. The quantitative estimate of drug-likeness (QED) is 0.357. The largest absolute Gasteiger partial charge is 0.329 e. The van der Waals surface area contributed by atoms with Gasteiger partial charge in [0.2, 0.25) is 5.91 Å². The summed E-state index contributed by atoms with van der Waals surface area (Å²) < 4.78 is 0. The van der Waals surface area contributed by atoms with Crippen LogP contribution < -0.4 is 10.6 Å². The van der Waals surface area contributed by atoms with E-state index in [0.29, 0.717) is 11.3 Å². The number of urea groups is 1. The number of carbonyl (C=O) groups is 3. The highest BCUT2D eigenvalue weighted by Crippen LogP contribution is 2.17. The summed E-state index contributed by atoms with van der Waals surface area (Å²) in [4.78, 5) is 47.5. The Bertz CT molecular complexity index is 980. The van der Waals surface area contributed by atoms with E-state index in [1.165, 1.54) is 30.3 Å². The number of amides is 4. The number of carbonyl (C=O) groups excluding carboxylic acids is 3. The van der Waals surface area contributed by atoms with Gasteiger partial charge in [0.25, 0.3) is 11.6 Å². The molecule has 3 rings (SSSR count). The van der Waals surface area contributed by atoms with Crippen molar-refractivity contribution in [1.29, 1.82) is 0 Å². The van der Waals surface area contributed by atoms with Crippen LogP contribution >= 0.6 is 0 Å². The van der Waals surface area contributed by atoms with Crippen LogP contribution in [0.4, 0.5) is 16.2 Å². The second kappa shape index (κ2) is 7.70. The lowest BCUT2D eigenvalue weighted by molar-refractivity contribution is -0.384. The second-order valence-corrected chi connectivity index (χ2v) is 6.14. The lowest BCUT2D eigenvalue weighted by atomic mass is 10.1. The van der Waals surface area contributed by atoms with Gasteiger partial charge in [0.05, 0.1) is 4.92 Å². The van der Waals surface area contributed by atoms with Crippen molar-refractivity contribution in [2.75, 3.05) is 11.9 Å². The monoisotopic (exact) mass is 380 g/mol. The summed E-state index contributed by atoms with van der Waals surface area (Å²) in [5, 5.41) is 15.7. The average Bonchev–Trinajstić information content (AvgIpc) is 2.91. The second-order valence-electron chi connectivity index (χ2n) is 6.14. The van der Waals surface area contributed by atoms with Crippen molar-refractivity contribution in [2.24, 2.45) is 0 Å². The van der Waals surface area contributed by atoms with Crippen molar-refractivity contribution < 1.29 is 19.3 Å². The first-order valence-corrected chi connectivity index (χ1v) is 8.29. The summed E-state index contributed by atoms with van der Waals surface area (Å²) >= 11 is 0. The van der Waals surface area contributed by atoms with Crippen molar-refractivity contribution in [3.63, 3.8) is 0 Å². The number of nitro groups is 1. The van der Waals surface area contributed by atoms with Crippen LogP contribution in [0.25, 0.3) is 6.08 Å². The zero-order valence-electron chi connectivity index (χ0n) is 14.8. The molecule has 0 aliphatic carbocycles. The van der Waals surface area contributed by atoms with Crippen LogP contribution in [-0.2, 0) is 9.59 Å². The van der Waals surface area contributed by atoms with Gasteiger partial charge in [-0.25, -0.2) is 9.69 Å². The Morgan fingerprint density at radius 1 is 1.14 bits per heavy atom. The summed E-state index contributed by atoms with van der Waals surface area (Å²) in [6, 6.07) is 11.9. The number of benzene rings is 2. The molecular weight excluding hydrogens is 364 g/mol. The van der Waals surface area contributed by atoms with E-state index in [1.54, 1.807) is 12.1 Å². The molecule has 0 spiro atoms. The van der Waals surface area contributed by atoms with Crippen molar-refractivity contribution in [1.82, 2.24) is 10.2 Å². The molecule has 2 aromatic rings. The summed E-state index contributed by atoms with van der Waals surface area (Å²) in [6.45, 7) is 1.48. The van der Waals surface area contributed by atoms with Crippen LogP contribution in [0.2, 0.25) is 0 Å². The number of rotatable bonds is 5. The fraction of sp³-hybridized carbons (Fsp3) is 0.105. The van der Waals surface area contributed by atoms with Gasteiger partial charge >= 0.3 is 6.03 Å². The van der Waals surface area contributed by atoms with Crippen LogP contribution in [0.15, 0.2) is 54.2 Å². The number of nitrogens with one attached hydrogen (secondary N) is 2. The van der Waals surface area contributed by atoms with E-state index in [0.717, 1.165) is 10.5 Å². The Kier molecular flexibility index (Phi) is 5.16. The number of anilines is 1. The number of imide groups is 1. The Morgan fingerprint density at radius 3 is 2.39 bits per heavy atom.